The predicted molar refractivity (Wildman–Crippen MR) is 127 cm³/mol. The van der Waals surface area contributed by atoms with Crippen LogP contribution in [0.1, 0.15) is 41.0 Å². The number of carbonyl (C=O) groups is 2. The monoisotopic (exact) mass is 466 g/mol. The number of fused-ring (bicyclic) bond motifs is 1. The normalized spacial score (nSPS) is 13.9. The van der Waals surface area contributed by atoms with Crippen LogP contribution in [0.25, 0.3) is 10.9 Å². The molecule has 0 aliphatic carbocycles. The van der Waals surface area contributed by atoms with Crippen LogP contribution in [0.5, 0.6) is 0 Å². The maximum Gasteiger partial charge on any atom is 0.343 e. The molecular formula is C25H27FN4O4. The van der Waals surface area contributed by atoms with Crippen LogP contribution in [-0.4, -0.2) is 59.1 Å². The summed E-state index contributed by atoms with van der Waals surface area (Å²) in [5.74, 6) is -1.36. The maximum atomic E-state index is 14.7. The van der Waals surface area contributed by atoms with Gasteiger partial charge in [0.25, 0.3) is 5.91 Å². The number of hydrogen-bond acceptors (Lipinski definition) is 6. The molecule has 3 aromatic rings. The summed E-state index contributed by atoms with van der Waals surface area (Å²) >= 11 is 0. The average molecular weight is 467 g/mol. The van der Waals surface area contributed by atoms with E-state index in [1.165, 1.54) is 24.5 Å². The molecule has 0 bridgehead atoms. The maximum absolute atomic E-state index is 14.7. The van der Waals surface area contributed by atoms with Gasteiger partial charge in [0, 0.05) is 51.3 Å². The first-order valence-electron chi connectivity index (χ1n) is 11.4. The van der Waals surface area contributed by atoms with Crippen LogP contribution in [0, 0.1) is 5.82 Å². The second kappa shape index (κ2) is 10.0. The Bertz CT molecular complexity index is 1270. The number of aryl methyl sites for hydroxylation is 1. The molecule has 34 heavy (non-hydrogen) atoms. The van der Waals surface area contributed by atoms with Crippen molar-refractivity contribution < 1.29 is 18.7 Å². The molecule has 1 aliphatic rings. The van der Waals surface area contributed by atoms with E-state index in [2.05, 4.69) is 4.98 Å². The third-order valence-corrected chi connectivity index (χ3v) is 5.93. The lowest BCUT2D eigenvalue weighted by Gasteiger charge is -2.37. The molecule has 1 saturated heterocycles. The van der Waals surface area contributed by atoms with Crippen molar-refractivity contribution in [2.24, 2.45) is 0 Å². The quantitative estimate of drug-likeness (QED) is 0.519. The van der Waals surface area contributed by atoms with Gasteiger partial charge in [-0.3, -0.25) is 14.6 Å². The molecule has 0 unspecified atom stereocenters. The highest BCUT2D eigenvalue weighted by atomic mass is 19.1. The number of nitrogens with zero attached hydrogens (tertiary/aromatic N) is 4. The van der Waals surface area contributed by atoms with Crippen LogP contribution < -0.4 is 10.3 Å². The van der Waals surface area contributed by atoms with Gasteiger partial charge in [0.15, 0.2) is 0 Å². The van der Waals surface area contributed by atoms with E-state index in [9.17, 15) is 18.8 Å². The van der Waals surface area contributed by atoms with Gasteiger partial charge in [0.1, 0.15) is 11.4 Å². The number of anilines is 1. The van der Waals surface area contributed by atoms with Crippen LogP contribution in [0.3, 0.4) is 0 Å². The lowest BCUT2D eigenvalue weighted by atomic mass is 10.1. The van der Waals surface area contributed by atoms with Crippen LogP contribution in [0.4, 0.5) is 10.1 Å². The van der Waals surface area contributed by atoms with Crippen molar-refractivity contribution in [3.05, 3.63) is 70.0 Å². The van der Waals surface area contributed by atoms with Crippen molar-refractivity contribution in [3.63, 3.8) is 0 Å². The summed E-state index contributed by atoms with van der Waals surface area (Å²) in [5.41, 5.74) is 0.997. The average Bonchev–Trinajstić information content (AvgIpc) is 2.87. The second-order valence-corrected chi connectivity index (χ2v) is 8.14. The van der Waals surface area contributed by atoms with E-state index in [4.69, 9.17) is 4.74 Å². The highest BCUT2D eigenvalue weighted by Crippen LogP contribution is 2.29. The van der Waals surface area contributed by atoms with Gasteiger partial charge >= 0.3 is 5.97 Å². The van der Waals surface area contributed by atoms with Gasteiger partial charge in [0.2, 0.25) is 5.43 Å². The van der Waals surface area contributed by atoms with Gasteiger partial charge in [-0.05, 0) is 37.6 Å². The van der Waals surface area contributed by atoms with Gasteiger partial charge in [-0.1, -0.05) is 6.92 Å². The molecule has 0 atom stereocenters. The molecule has 9 heteroatoms. The summed E-state index contributed by atoms with van der Waals surface area (Å²) in [6, 6.07) is 6.03. The summed E-state index contributed by atoms with van der Waals surface area (Å²) in [6.45, 7) is 6.28. The zero-order valence-electron chi connectivity index (χ0n) is 19.3. The van der Waals surface area contributed by atoms with Crippen molar-refractivity contribution >= 4 is 28.5 Å². The molecular weight excluding hydrogens is 439 g/mol. The number of esters is 1. The van der Waals surface area contributed by atoms with E-state index < -0.39 is 17.2 Å². The summed E-state index contributed by atoms with van der Waals surface area (Å²) < 4.78 is 21.6. The van der Waals surface area contributed by atoms with E-state index in [1.807, 2.05) is 18.7 Å². The molecule has 4 rings (SSSR count). The van der Waals surface area contributed by atoms with E-state index in [1.54, 1.807) is 27.8 Å². The Hall–Kier alpha value is -3.75. The number of halogens is 1. The predicted octanol–water partition coefficient (Wildman–Crippen LogP) is 3.08. The molecule has 3 heterocycles. The number of carbonyl (C=O) groups excluding carboxylic acids is 2. The van der Waals surface area contributed by atoms with Crippen LogP contribution in [0.2, 0.25) is 0 Å². The van der Waals surface area contributed by atoms with Crippen LogP contribution >= 0.6 is 0 Å². The molecule has 178 valence electrons. The minimum atomic E-state index is -0.704. The molecule has 0 saturated carbocycles. The highest BCUT2D eigenvalue weighted by Gasteiger charge is 2.26. The number of pyridine rings is 2. The number of ether oxygens (including phenoxy) is 1. The van der Waals surface area contributed by atoms with Gasteiger partial charge in [0.05, 0.1) is 28.8 Å². The van der Waals surface area contributed by atoms with Crippen molar-refractivity contribution in [1.82, 2.24) is 14.5 Å². The van der Waals surface area contributed by atoms with Gasteiger partial charge < -0.3 is 19.1 Å². The lowest BCUT2D eigenvalue weighted by molar-refractivity contribution is 0.0502. The van der Waals surface area contributed by atoms with E-state index in [-0.39, 0.29) is 23.5 Å². The zero-order chi connectivity index (χ0) is 24.2. The first-order chi connectivity index (χ1) is 16.4. The Balaban J connectivity index is 1.67. The lowest BCUT2D eigenvalue weighted by Crippen LogP contribution is -2.49. The Labute approximate surface area is 196 Å². The van der Waals surface area contributed by atoms with Crippen molar-refractivity contribution in [2.45, 2.75) is 26.8 Å². The fourth-order valence-electron chi connectivity index (χ4n) is 4.21. The molecule has 2 aromatic heterocycles. The number of piperazine rings is 1. The number of rotatable bonds is 6. The summed E-state index contributed by atoms with van der Waals surface area (Å²) in [4.78, 5) is 46.0. The van der Waals surface area contributed by atoms with E-state index in [0.717, 1.165) is 0 Å². The number of benzene rings is 1. The molecule has 1 aromatic carbocycles. The Morgan fingerprint density at radius 1 is 1.15 bits per heavy atom. The molecule has 8 nitrogen and oxygen atoms in total. The van der Waals surface area contributed by atoms with E-state index >= 15 is 0 Å². The molecule has 0 radical (unpaired) electrons. The highest BCUT2D eigenvalue weighted by molar-refractivity contribution is 5.98. The first kappa shape index (κ1) is 23.4. The summed E-state index contributed by atoms with van der Waals surface area (Å²) in [7, 11) is 0. The standard InChI is InChI=1S/C25H27FN4O4/c1-3-12-34-25(33)20-16-28(4-2)22-19(23(20)31)13-18(26)14-21(22)29-8-10-30(11-9-29)24(32)17-6-5-7-27-15-17/h5-7,13-16H,3-4,8-12H2,1-2H3. The Morgan fingerprint density at radius 2 is 1.91 bits per heavy atom. The molecule has 1 fully saturated rings. The Morgan fingerprint density at radius 3 is 2.56 bits per heavy atom. The van der Waals surface area contributed by atoms with Gasteiger partial charge in [-0.15, -0.1) is 0 Å². The molecule has 1 aliphatic heterocycles. The summed E-state index contributed by atoms with van der Waals surface area (Å²) in [6.07, 6.45) is 5.28. The topological polar surface area (TPSA) is 84.7 Å². The third kappa shape index (κ3) is 4.50. The van der Waals surface area contributed by atoms with Crippen molar-refractivity contribution in [3.8, 4) is 0 Å². The van der Waals surface area contributed by atoms with Crippen LogP contribution in [-0.2, 0) is 11.3 Å². The fraction of sp³-hybridized carbons (Fsp3) is 0.360. The zero-order valence-corrected chi connectivity index (χ0v) is 19.3. The van der Waals surface area contributed by atoms with Gasteiger partial charge in [-0.25, -0.2) is 9.18 Å². The van der Waals surface area contributed by atoms with Crippen molar-refractivity contribution in [2.75, 3.05) is 37.7 Å². The Kier molecular flexibility index (Phi) is 6.90. The molecule has 1 amide bonds. The van der Waals surface area contributed by atoms with Crippen LogP contribution in [0.15, 0.2) is 47.7 Å². The number of hydrogen-bond donors (Lipinski definition) is 0. The molecule has 0 spiro atoms. The molecule has 0 N–H and O–H groups in total. The van der Waals surface area contributed by atoms with Crippen molar-refractivity contribution in [1.29, 1.82) is 0 Å². The minimum Gasteiger partial charge on any atom is -0.462 e. The largest absolute Gasteiger partial charge is 0.462 e. The summed E-state index contributed by atoms with van der Waals surface area (Å²) in [5, 5.41) is 0.136. The van der Waals surface area contributed by atoms with E-state index in [0.29, 0.717) is 55.9 Å². The third-order valence-electron chi connectivity index (χ3n) is 5.93. The fourth-order valence-corrected chi connectivity index (χ4v) is 4.21. The smallest absolute Gasteiger partial charge is 0.343 e. The van der Waals surface area contributed by atoms with Gasteiger partial charge in [-0.2, -0.15) is 0 Å². The number of amides is 1. The first-order valence-corrected chi connectivity index (χ1v) is 11.4. The minimum absolute atomic E-state index is 0.0995. The SMILES string of the molecule is CCCOC(=O)c1cn(CC)c2c(N3CCN(C(=O)c4cccnc4)CC3)cc(F)cc2c1=O. The second-order valence-electron chi connectivity index (χ2n) is 8.14. The number of aromatic nitrogens is 2.